The molecule has 88 valence electrons. The molecule has 0 heterocycles. The van der Waals surface area contributed by atoms with Crippen LogP contribution in [0.2, 0.25) is 0 Å². The molecule has 0 rings (SSSR count). The molecule has 0 radical (unpaired) electrons. The third-order valence-electron chi connectivity index (χ3n) is 1.96. The van der Waals surface area contributed by atoms with Gasteiger partial charge in [0.15, 0.2) is 0 Å². The second kappa shape index (κ2) is 8.48. The number of amides is 1. The zero-order chi connectivity index (χ0) is 11.7. The molecule has 0 spiro atoms. The Labute approximate surface area is 93.3 Å². The van der Waals surface area contributed by atoms with E-state index in [1.54, 1.807) is 0 Å². The van der Waals surface area contributed by atoms with Gasteiger partial charge in [-0.15, -0.1) is 6.58 Å². The summed E-state index contributed by atoms with van der Waals surface area (Å²) < 4.78 is 0. The molecule has 0 aliphatic heterocycles. The molecular formula is C12H24N2O. The summed E-state index contributed by atoms with van der Waals surface area (Å²) in [5.41, 5.74) is 1.17. The van der Waals surface area contributed by atoms with Gasteiger partial charge in [-0.05, 0) is 25.8 Å². The molecule has 2 N–H and O–H groups in total. The Bertz CT molecular complexity index is 200. The van der Waals surface area contributed by atoms with E-state index in [0.717, 1.165) is 26.1 Å². The van der Waals surface area contributed by atoms with Gasteiger partial charge >= 0.3 is 0 Å². The fourth-order valence-electron chi connectivity index (χ4n) is 1.04. The van der Waals surface area contributed by atoms with Crippen molar-refractivity contribution in [1.82, 2.24) is 10.6 Å². The molecule has 0 aromatic carbocycles. The van der Waals surface area contributed by atoms with E-state index in [-0.39, 0.29) is 5.91 Å². The van der Waals surface area contributed by atoms with Crippen LogP contribution in [0.25, 0.3) is 0 Å². The lowest BCUT2D eigenvalue weighted by molar-refractivity contribution is -0.121. The molecule has 15 heavy (non-hydrogen) atoms. The standard InChI is InChI=1S/C12H24N2O/c1-10(2)5-7-13-8-6-12(15)14-9-11(3)4/h11,13H,1,5-9H2,2-4H3,(H,14,15). The molecule has 0 fully saturated rings. The molecule has 0 aromatic heterocycles. The van der Waals surface area contributed by atoms with E-state index < -0.39 is 0 Å². The fraction of sp³-hybridized carbons (Fsp3) is 0.750. The average molecular weight is 212 g/mol. The third-order valence-corrected chi connectivity index (χ3v) is 1.96. The van der Waals surface area contributed by atoms with Crippen molar-refractivity contribution in [2.75, 3.05) is 19.6 Å². The SMILES string of the molecule is C=C(C)CCNCCC(=O)NCC(C)C. The van der Waals surface area contributed by atoms with Gasteiger partial charge in [-0.1, -0.05) is 19.4 Å². The minimum atomic E-state index is 0.131. The van der Waals surface area contributed by atoms with E-state index >= 15 is 0 Å². The number of hydrogen-bond acceptors (Lipinski definition) is 2. The van der Waals surface area contributed by atoms with Gasteiger partial charge in [-0.3, -0.25) is 4.79 Å². The van der Waals surface area contributed by atoms with Crippen LogP contribution in [0, 0.1) is 5.92 Å². The van der Waals surface area contributed by atoms with Gasteiger partial charge in [0.25, 0.3) is 0 Å². The molecule has 0 unspecified atom stereocenters. The number of carbonyl (C=O) groups excluding carboxylic acids is 1. The van der Waals surface area contributed by atoms with Crippen LogP contribution in [0.4, 0.5) is 0 Å². The van der Waals surface area contributed by atoms with E-state index in [4.69, 9.17) is 0 Å². The maximum absolute atomic E-state index is 11.3. The molecule has 0 aliphatic carbocycles. The number of rotatable bonds is 8. The lowest BCUT2D eigenvalue weighted by Gasteiger charge is -2.08. The first kappa shape index (κ1) is 14.2. The Morgan fingerprint density at radius 3 is 2.40 bits per heavy atom. The van der Waals surface area contributed by atoms with Crippen molar-refractivity contribution in [3.63, 3.8) is 0 Å². The summed E-state index contributed by atoms with van der Waals surface area (Å²) in [6.07, 6.45) is 1.54. The van der Waals surface area contributed by atoms with Gasteiger partial charge in [0.1, 0.15) is 0 Å². The Morgan fingerprint density at radius 1 is 1.27 bits per heavy atom. The Kier molecular flexibility index (Phi) is 8.01. The first-order valence-corrected chi connectivity index (χ1v) is 5.64. The first-order chi connectivity index (χ1) is 7.02. The topological polar surface area (TPSA) is 41.1 Å². The predicted octanol–water partition coefficient (Wildman–Crippen LogP) is 1.70. The van der Waals surface area contributed by atoms with Crippen molar-refractivity contribution in [3.05, 3.63) is 12.2 Å². The average Bonchev–Trinajstić information content (AvgIpc) is 2.13. The maximum Gasteiger partial charge on any atom is 0.221 e. The molecule has 0 aromatic rings. The van der Waals surface area contributed by atoms with Crippen molar-refractivity contribution in [2.24, 2.45) is 5.92 Å². The lowest BCUT2D eigenvalue weighted by Crippen LogP contribution is -2.30. The van der Waals surface area contributed by atoms with Crippen LogP contribution in [0.3, 0.4) is 0 Å². The second-order valence-corrected chi connectivity index (χ2v) is 4.41. The van der Waals surface area contributed by atoms with Gasteiger partial charge in [-0.25, -0.2) is 0 Å². The summed E-state index contributed by atoms with van der Waals surface area (Å²) in [7, 11) is 0. The molecule has 3 heteroatoms. The molecule has 0 saturated carbocycles. The van der Waals surface area contributed by atoms with E-state index in [0.29, 0.717) is 12.3 Å². The second-order valence-electron chi connectivity index (χ2n) is 4.41. The van der Waals surface area contributed by atoms with Crippen molar-refractivity contribution >= 4 is 5.91 Å². The zero-order valence-electron chi connectivity index (χ0n) is 10.2. The largest absolute Gasteiger partial charge is 0.356 e. The van der Waals surface area contributed by atoms with Crippen LogP contribution in [0.15, 0.2) is 12.2 Å². The van der Waals surface area contributed by atoms with Gasteiger partial charge in [0.2, 0.25) is 5.91 Å². The zero-order valence-corrected chi connectivity index (χ0v) is 10.2. The Balaban J connectivity index is 3.28. The van der Waals surface area contributed by atoms with E-state index in [1.807, 2.05) is 6.92 Å². The van der Waals surface area contributed by atoms with Crippen molar-refractivity contribution in [2.45, 2.75) is 33.6 Å². The number of nitrogens with one attached hydrogen (secondary N) is 2. The molecular weight excluding hydrogens is 188 g/mol. The van der Waals surface area contributed by atoms with E-state index in [9.17, 15) is 4.79 Å². The molecule has 0 saturated heterocycles. The minimum Gasteiger partial charge on any atom is -0.356 e. The summed E-state index contributed by atoms with van der Waals surface area (Å²) in [5.74, 6) is 0.650. The Hall–Kier alpha value is -0.830. The van der Waals surface area contributed by atoms with Crippen molar-refractivity contribution in [3.8, 4) is 0 Å². The van der Waals surface area contributed by atoms with Crippen LogP contribution in [0.5, 0.6) is 0 Å². The summed E-state index contributed by atoms with van der Waals surface area (Å²) in [5, 5.41) is 6.10. The number of carbonyl (C=O) groups is 1. The monoisotopic (exact) mass is 212 g/mol. The third kappa shape index (κ3) is 11.1. The highest BCUT2D eigenvalue weighted by Gasteiger charge is 2.01. The van der Waals surface area contributed by atoms with Crippen LogP contribution in [0.1, 0.15) is 33.6 Å². The van der Waals surface area contributed by atoms with Crippen LogP contribution < -0.4 is 10.6 Å². The predicted molar refractivity (Wildman–Crippen MR) is 64.8 cm³/mol. The smallest absolute Gasteiger partial charge is 0.221 e. The normalized spacial score (nSPS) is 10.4. The summed E-state index contributed by atoms with van der Waals surface area (Å²) in [6, 6.07) is 0. The molecule has 0 aliphatic rings. The van der Waals surface area contributed by atoms with Crippen LogP contribution in [-0.2, 0) is 4.79 Å². The van der Waals surface area contributed by atoms with Crippen molar-refractivity contribution < 1.29 is 4.79 Å². The summed E-state index contributed by atoms with van der Waals surface area (Å²) >= 11 is 0. The highest BCUT2D eigenvalue weighted by Crippen LogP contribution is 1.92. The molecule has 0 atom stereocenters. The quantitative estimate of drug-likeness (QED) is 0.475. The maximum atomic E-state index is 11.3. The van der Waals surface area contributed by atoms with Crippen LogP contribution in [-0.4, -0.2) is 25.5 Å². The number of hydrogen-bond donors (Lipinski definition) is 2. The highest BCUT2D eigenvalue weighted by molar-refractivity contribution is 5.76. The fourth-order valence-corrected chi connectivity index (χ4v) is 1.04. The Morgan fingerprint density at radius 2 is 1.87 bits per heavy atom. The molecule has 1 amide bonds. The van der Waals surface area contributed by atoms with Gasteiger partial charge in [0, 0.05) is 19.5 Å². The van der Waals surface area contributed by atoms with Crippen molar-refractivity contribution in [1.29, 1.82) is 0 Å². The highest BCUT2D eigenvalue weighted by atomic mass is 16.1. The van der Waals surface area contributed by atoms with Gasteiger partial charge < -0.3 is 10.6 Å². The minimum absolute atomic E-state index is 0.131. The lowest BCUT2D eigenvalue weighted by atomic mass is 10.2. The van der Waals surface area contributed by atoms with Gasteiger partial charge in [-0.2, -0.15) is 0 Å². The summed E-state index contributed by atoms with van der Waals surface area (Å²) in [4.78, 5) is 11.3. The first-order valence-electron chi connectivity index (χ1n) is 5.64. The van der Waals surface area contributed by atoms with E-state index in [2.05, 4.69) is 31.1 Å². The molecule has 0 bridgehead atoms. The van der Waals surface area contributed by atoms with E-state index in [1.165, 1.54) is 5.57 Å². The van der Waals surface area contributed by atoms with Gasteiger partial charge in [0.05, 0.1) is 0 Å². The van der Waals surface area contributed by atoms with Crippen LogP contribution >= 0.6 is 0 Å². The molecule has 3 nitrogen and oxygen atoms in total. The summed E-state index contributed by atoms with van der Waals surface area (Å²) in [6.45, 7) is 12.4.